The van der Waals surface area contributed by atoms with Crippen LogP contribution in [-0.4, -0.2) is 37.3 Å². The number of amides is 2. The van der Waals surface area contributed by atoms with Gasteiger partial charge in [-0.05, 0) is 36.5 Å². The van der Waals surface area contributed by atoms with Crippen molar-refractivity contribution in [3.05, 3.63) is 65.7 Å². The number of nitrogens with one attached hydrogen (secondary N) is 3. The lowest BCUT2D eigenvalue weighted by atomic mass is 10.2. The third-order valence-electron chi connectivity index (χ3n) is 3.23. The van der Waals surface area contributed by atoms with Gasteiger partial charge in [-0.2, -0.15) is 0 Å². The van der Waals surface area contributed by atoms with Crippen molar-refractivity contribution < 1.29 is 19.1 Å². The molecule has 0 spiro atoms. The maximum absolute atomic E-state index is 12.4. The Labute approximate surface area is 156 Å². The van der Waals surface area contributed by atoms with Crippen molar-refractivity contribution in [1.29, 1.82) is 0 Å². The van der Waals surface area contributed by atoms with Gasteiger partial charge in [-0.25, -0.2) is 0 Å². The first-order chi connectivity index (χ1) is 12.6. The first kappa shape index (κ1) is 19.4. The smallest absolute Gasteiger partial charge is 0.269 e. The Morgan fingerprint density at radius 3 is 2.35 bits per heavy atom. The zero-order chi connectivity index (χ0) is 18.8. The maximum Gasteiger partial charge on any atom is 0.269 e. The van der Waals surface area contributed by atoms with Crippen LogP contribution in [0.4, 0.5) is 0 Å². The number of benzene rings is 2. The second-order valence-corrected chi connectivity index (χ2v) is 5.47. The molecule has 0 fully saturated rings. The molecule has 8 heteroatoms. The molecule has 7 nitrogen and oxygen atoms in total. The first-order valence-corrected chi connectivity index (χ1v) is 8.20. The molecule has 136 valence electrons. The molecule has 0 saturated carbocycles. The number of hydrogen-bond donors (Lipinski definition) is 3. The van der Waals surface area contributed by atoms with Gasteiger partial charge in [0.1, 0.15) is 12.4 Å². The summed E-state index contributed by atoms with van der Waals surface area (Å²) in [6.07, 6.45) is 0. The van der Waals surface area contributed by atoms with Crippen molar-refractivity contribution in [3.63, 3.8) is 0 Å². The average Bonchev–Trinajstić information content (AvgIpc) is 2.67. The number of carbonyl (C=O) groups excluding carboxylic acids is 2. The maximum atomic E-state index is 12.4. The predicted octanol–water partition coefficient (Wildman–Crippen LogP) is 1.66. The van der Waals surface area contributed by atoms with E-state index in [1.807, 2.05) is 0 Å². The van der Waals surface area contributed by atoms with Gasteiger partial charge in [0.25, 0.3) is 11.8 Å². The van der Waals surface area contributed by atoms with Gasteiger partial charge < -0.3 is 9.47 Å². The number of hydrogen-bond acceptors (Lipinski definition) is 5. The number of thiocarbonyl (C=S) groups is 1. The van der Waals surface area contributed by atoms with Gasteiger partial charge in [0.15, 0.2) is 5.11 Å². The summed E-state index contributed by atoms with van der Waals surface area (Å²) in [4.78, 5) is 24.3. The molecule has 0 aliphatic heterocycles. The lowest BCUT2D eigenvalue weighted by Crippen LogP contribution is -2.48. The van der Waals surface area contributed by atoms with Crippen LogP contribution in [0.15, 0.2) is 54.6 Å². The summed E-state index contributed by atoms with van der Waals surface area (Å²) in [5.41, 5.74) is 5.70. The highest BCUT2D eigenvalue weighted by Crippen LogP contribution is 2.17. The van der Waals surface area contributed by atoms with Gasteiger partial charge in [-0.3, -0.25) is 25.8 Å². The normalized spacial score (nSPS) is 9.88. The minimum atomic E-state index is -0.454. The first-order valence-electron chi connectivity index (χ1n) is 7.79. The largest absolute Gasteiger partial charge is 0.490 e. The Morgan fingerprint density at radius 2 is 1.62 bits per heavy atom. The van der Waals surface area contributed by atoms with Crippen LogP contribution < -0.4 is 20.9 Å². The third-order valence-corrected chi connectivity index (χ3v) is 3.43. The number of ether oxygens (including phenoxy) is 2. The Morgan fingerprint density at radius 1 is 0.923 bits per heavy atom. The van der Waals surface area contributed by atoms with E-state index in [-0.39, 0.29) is 11.0 Å². The summed E-state index contributed by atoms with van der Waals surface area (Å²) in [6.45, 7) is 0.720. The van der Waals surface area contributed by atoms with Gasteiger partial charge in [0.05, 0.1) is 12.2 Å². The molecule has 0 saturated heterocycles. The molecule has 0 atom stereocenters. The van der Waals surface area contributed by atoms with Crippen LogP contribution in [0.3, 0.4) is 0 Å². The van der Waals surface area contributed by atoms with Crippen molar-refractivity contribution in [2.45, 2.75) is 0 Å². The highest BCUT2D eigenvalue weighted by atomic mass is 32.1. The minimum absolute atomic E-state index is 0.0361. The van der Waals surface area contributed by atoms with Crippen LogP contribution >= 0.6 is 12.2 Å². The van der Waals surface area contributed by atoms with Crippen LogP contribution in [0.25, 0.3) is 0 Å². The van der Waals surface area contributed by atoms with E-state index in [1.54, 1.807) is 61.7 Å². The molecule has 2 rings (SSSR count). The van der Waals surface area contributed by atoms with Crippen LogP contribution in [-0.2, 0) is 4.74 Å². The van der Waals surface area contributed by atoms with E-state index in [0.717, 1.165) is 0 Å². The molecule has 0 aliphatic carbocycles. The Bertz CT molecular complexity index is 768. The molecule has 2 amide bonds. The van der Waals surface area contributed by atoms with E-state index < -0.39 is 5.91 Å². The molecule has 0 unspecified atom stereocenters. The fraction of sp³-hybridized carbons (Fsp3) is 0.167. The van der Waals surface area contributed by atoms with Crippen molar-refractivity contribution in [1.82, 2.24) is 16.2 Å². The summed E-state index contributed by atoms with van der Waals surface area (Å²) in [5, 5.41) is 2.45. The highest BCUT2D eigenvalue weighted by Gasteiger charge is 2.14. The van der Waals surface area contributed by atoms with E-state index in [2.05, 4.69) is 16.2 Å². The van der Waals surface area contributed by atoms with E-state index in [0.29, 0.717) is 30.1 Å². The molecular formula is C18H19N3O4S. The average molecular weight is 373 g/mol. The highest BCUT2D eigenvalue weighted by molar-refractivity contribution is 7.80. The van der Waals surface area contributed by atoms with E-state index >= 15 is 0 Å². The summed E-state index contributed by atoms with van der Waals surface area (Å²) in [6, 6.07) is 15.4. The predicted molar refractivity (Wildman–Crippen MR) is 101 cm³/mol. The fourth-order valence-corrected chi connectivity index (χ4v) is 2.14. The summed E-state index contributed by atoms with van der Waals surface area (Å²) >= 11 is 5.03. The summed E-state index contributed by atoms with van der Waals surface area (Å²) in [5.74, 6) is -0.409. The molecule has 3 N–H and O–H groups in total. The third kappa shape index (κ3) is 5.83. The standard InChI is InChI=1S/C18H19N3O4S/c1-24-11-12-25-15-10-6-5-9-14(15)17(23)19-18(26)21-20-16(22)13-7-3-2-4-8-13/h2-10H,11-12H2,1H3,(H,20,22)(H2,19,21,23,26). The van der Waals surface area contributed by atoms with Gasteiger partial charge in [0.2, 0.25) is 0 Å². The quantitative estimate of drug-likeness (QED) is 0.405. The Hall–Kier alpha value is -2.97. The van der Waals surface area contributed by atoms with Crippen molar-refractivity contribution >= 4 is 29.1 Å². The van der Waals surface area contributed by atoms with E-state index in [1.165, 1.54) is 0 Å². The van der Waals surface area contributed by atoms with Crippen LogP contribution in [0.2, 0.25) is 0 Å². The van der Waals surface area contributed by atoms with E-state index in [9.17, 15) is 9.59 Å². The number of para-hydroxylation sites is 1. The lowest BCUT2D eigenvalue weighted by molar-refractivity contribution is 0.0933. The summed E-state index contributed by atoms with van der Waals surface area (Å²) < 4.78 is 10.4. The van der Waals surface area contributed by atoms with Crippen LogP contribution in [0, 0.1) is 0 Å². The molecular weight excluding hydrogens is 354 g/mol. The molecule has 2 aromatic carbocycles. The van der Waals surface area contributed by atoms with Crippen LogP contribution in [0.5, 0.6) is 5.75 Å². The van der Waals surface area contributed by atoms with Gasteiger partial charge in [-0.1, -0.05) is 30.3 Å². The van der Waals surface area contributed by atoms with E-state index in [4.69, 9.17) is 21.7 Å². The minimum Gasteiger partial charge on any atom is -0.490 e. The monoisotopic (exact) mass is 373 g/mol. The lowest BCUT2D eigenvalue weighted by Gasteiger charge is -2.13. The van der Waals surface area contributed by atoms with Crippen molar-refractivity contribution in [2.75, 3.05) is 20.3 Å². The second-order valence-electron chi connectivity index (χ2n) is 5.07. The van der Waals surface area contributed by atoms with Gasteiger partial charge in [-0.15, -0.1) is 0 Å². The fourth-order valence-electron chi connectivity index (χ4n) is 1.99. The molecule has 0 radical (unpaired) electrons. The zero-order valence-electron chi connectivity index (χ0n) is 14.2. The molecule has 26 heavy (non-hydrogen) atoms. The van der Waals surface area contributed by atoms with Crippen molar-refractivity contribution in [3.8, 4) is 5.75 Å². The summed E-state index contributed by atoms with van der Waals surface area (Å²) in [7, 11) is 1.57. The van der Waals surface area contributed by atoms with Crippen molar-refractivity contribution in [2.24, 2.45) is 0 Å². The molecule has 0 bridgehead atoms. The topological polar surface area (TPSA) is 88.7 Å². The molecule has 0 heterocycles. The Kier molecular flexibility index (Phi) is 7.53. The molecule has 0 aliphatic rings. The Balaban J connectivity index is 1.89. The molecule has 2 aromatic rings. The zero-order valence-corrected chi connectivity index (χ0v) is 15.0. The molecule has 0 aromatic heterocycles. The SMILES string of the molecule is COCCOc1ccccc1C(=O)NC(=S)NNC(=O)c1ccccc1. The van der Waals surface area contributed by atoms with Crippen LogP contribution in [0.1, 0.15) is 20.7 Å². The van der Waals surface area contributed by atoms with Gasteiger partial charge in [0, 0.05) is 12.7 Å². The number of methoxy groups -OCH3 is 1. The number of rotatable bonds is 6. The van der Waals surface area contributed by atoms with Gasteiger partial charge >= 0.3 is 0 Å². The second kappa shape index (κ2) is 10.1. The number of hydrazine groups is 1. The number of carbonyl (C=O) groups is 2.